The van der Waals surface area contributed by atoms with Gasteiger partial charge in [-0.25, -0.2) is 0 Å². The molecule has 0 saturated heterocycles. The maximum Gasteiger partial charge on any atom is 0.268 e. The van der Waals surface area contributed by atoms with Gasteiger partial charge in [0, 0.05) is 10.6 Å². The first-order valence-electron chi connectivity index (χ1n) is 6.92. The summed E-state index contributed by atoms with van der Waals surface area (Å²) >= 11 is 5.91. The van der Waals surface area contributed by atoms with Crippen molar-refractivity contribution in [2.75, 3.05) is 11.4 Å². The summed E-state index contributed by atoms with van der Waals surface area (Å²) in [5.41, 5.74) is 1.10. The quantitative estimate of drug-likeness (QED) is 0.816. The van der Waals surface area contributed by atoms with Crippen LogP contribution in [0.25, 0.3) is 0 Å². The summed E-state index contributed by atoms with van der Waals surface area (Å²) in [5, 5.41) is 0.493. The van der Waals surface area contributed by atoms with Gasteiger partial charge in [-0.3, -0.25) is 14.5 Å². The molecule has 22 heavy (non-hydrogen) atoms. The molecular formula is C17H14ClNO3. The number of benzene rings is 2. The van der Waals surface area contributed by atoms with E-state index in [-0.39, 0.29) is 18.2 Å². The Morgan fingerprint density at radius 2 is 2.00 bits per heavy atom. The number of carbonyl (C=O) groups excluding carboxylic acids is 2. The molecule has 3 rings (SSSR count). The van der Waals surface area contributed by atoms with Crippen LogP contribution in [0.1, 0.15) is 17.3 Å². The molecule has 1 heterocycles. The lowest BCUT2D eigenvalue weighted by molar-refractivity contribution is -0.125. The Labute approximate surface area is 133 Å². The zero-order valence-electron chi connectivity index (χ0n) is 12.0. The SMILES string of the molecule is C[C@H]1Oc2ccccc2N(CC(=O)c2cccc(Cl)c2)C1=O. The molecule has 1 amide bonds. The van der Waals surface area contributed by atoms with Crippen molar-refractivity contribution in [3.63, 3.8) is 0 Å². The van der Waals surface area contributed by atoms with Gasteiger partial charge in [-0.05, 0) is 31.2 Å². The summed E-state index contributed by atoms with van der Waals surface area (Å²) in [7, 11) is 0. The van der Waals surface area contributed by atoms with Gasteiger partial charge in [0.1, 0.15) is 5.75 Å². The van der Waals surface area contributed by atoms with Gasteiger partial charge < -0.3 is 4.74 Å². The Morgan fingerprint density at radius 3 is 2.77 bits per heavy atom. The van der Waals surface area contributed by atoms with Crippen LogP contribution in [0.5, 0.6) is 5.75 Å². The number of rotatable bonds is 3. The number of para-hydroxylation sites is 2. The van der Waals surface area contributed by atoms with Crippen LogP contribution in [0, 0.1) is 0 Å². The van der Waals surface area contributed by atoms with E-state index < -0.39 is 6.10 Å². The molecule has 0 unspecified atom stereocenters. The first-order valence-corrected chi connectivity index (χ1v) is 7.30. The predicted octanol–water partition coefficient (Wildman–Crippen LogP) is 3.34. The highest BCUT2D eigenvalue weighted by atomic mass is 35.5. The molecule has 0 radical (unpaired) electrons. The fraction of sp³-hybridized carbons (Fsp3) is 0.176. The van der Waals surface area contributed by atoms with E-state index in [1.54, 1.807) is 43.3 Å². The predicted molar refractivity (Wildman–Crippen MR) is 84.7 cm³/mol. The van der Waals surface area contributed by atoms with Gasteiger partial charge in [0.2, 0.25) is 0 Å². The molecule has 0 fully saturated rings. The van der Waals surface area contributed by atoms with E-state index in [1.807, 2.05) is 12.1 Å². The number of fused-ring (bicyclic) bond motifs is 1. The van der Waals surface area contributed by atoms with Gasteiger partial charge in [0.15, 0.2) is 11.9 Å². The van der Waals surface area contributed by atoms with Crippen LogP contribution in [0.15, 0.2) is 48.5 Å². The van der Waals surface area contributed by atoms with Gasteiger partial charge >= 0.3 is 0 Å². The van der Waals surface area contributed by atoms with Gasteiger partial charge in [0.05, 0.1) is 12.2 Å². The number of Topliss-reactive ketones (excluding diaryl/α,β-unsaturated/α-hetero) is 1. The molecule has 0 saturated carbocycles. The van der Waals surface area contributed by atoms with Crippen molar-refractivity contribution in [1.29, 1.82) is 0 Å². The lowest BCUT2D eigenvalue weighted by atomic mass is 10.1. The van der Waals surface area contributed by atoms with Crippen molar-refractivity contribution in [2.24, 2.45) is 0 Å². The summed E-state index contributed by atoms with van der Waals surface area (Å²) in [6.07, 6.45) is -0.609. The third-order valence-corrected chi connectivity index (χ3v) is 3.76. The van der Waals surface area contributed by atoms with E-state index in [2.05, 4.69) is 0 Å². The minimum Gasteiger partial charge on any atom is -0.479 e. The van der Waals surface area contributed by atoms with E-state index in [0.29, 0.717) is 22.0 Å². The molecule has 112 valence electrons. The molecule has 0 bridgehead atoms. The second-order valence-corrected chi connectivity index (χ2v) is 5.52. The first-order chi connectivity index (χ1) is 10.6. The van der Waals surface area contributed by atoms with Gasteiger partial charge in [0.25, 0.3) is 5.91 Å². The zero-order chi connectivity index (χ0) is 15.7. The Kier molecular flexibility index (Phi) is 3.86. The summed E-state index contributed by atoms with van der Waals surface area (Å²) < 4.78 is 5.56. The number of amides is 1. The molecule has 5 heteroatoms. The molecule has 0 aliphatic carbocycles. The highest BCUT2D eigenvalue weighted by Crippen LogP contribution is 2.33. The fourth-order valence-corrected chi connectivity index (χ4v) is 2.61. The topological polar surface area (TPSA) is 46.6 Å². The normalized spacial score (nSPS) is 16.9. The monoisotopic (exact) mass is 315 g/mol. The van der Waals surface area contributed by atoms with Crippen molar-refractivity contribution in [3.05, 3.63) is 59.1 Å². The third-order valence-electron chi connectivity index (χ3n) is 3.52. The molecule has 2 aromatic carbocycles. The maximum absolute atomic E-state index is 12.4. The van der Waals surface area contributed by atoms with Crippen LogP contribution in [-0.4, -0.2) is 24.3 Å². The average molecular weight is 316 g/mol. The van der Waals surface area contributed by atoms with E-state index in [4.69, 9.17) is 16.3 Å². The van der Waals surface area contributed by atoms with Crippen LogP contribution in [-0.2, 0) is 4.79 Å². The minimum absolute atomic E-state index is 0.0378. The molecule has 1 aliphatic heterocycles. The van der Waals surface area contributed by atoms with Crippen molar-refractivity contribution in [1.82, 2.24) is 0 Å². The Bertz CT molecular complexity index is 744. The zero-order valence-corrected chi connectivity index (χ0v) is 12.7. The average Bonchev–Trinajstić information content (AvgIpc) is 2.51. The Morgan fingerprint density at radius 1 is 1.23 bits per heavy atom. The Balaban J connectivity index is 1.91. The number of ketones is 1. The molecule has 4 nitrogen and oxygen atoms in total. The van der Waals surface area contributed by atoms with Crippen molar-refractivity contribution in [3.8, 4) is 5.75 Å². The number of nitrogens with zero attached hydrogens (tertiary/aromatic N) is 1. The van der Waals surface area contributed by atoms with Crippen molar-refractivity contribution < 1.29 is 14.3 Å². The smallest absolute Gasteiger partial charge is 0.268 e. The minimum atomic E-state index is -0.609. The number of anilines is 1. The van der Waals surface area contributed by atoms with E-state index in [1.165, 1.54) is 4.90 Å². The summed E-state index contributed by atoms with van der Waals surface area (Å²) in [6.45, 7) is 1.64. The highest BCUT2D eigenvalue weighted by Gasteiger charge is 2.32. The van der Waals surface area contributed by atoms with E-state index in [0.717, 1.165) is 0 Å². The van der Waals surface area contributed by atoms with Crippen LogP contribution < -0.4 is 9.64 Å². The lowest BCUT2D eigenvalue weighted by Crippen LogP contribution is -2.46. The van der Waals surface area contributed by atoms with E-state index >= 15 is 0 Å². The second kappa shape index (κ2) is 5.81. The van der Waals surface area contributed by atoms with Crippen LogP contribution in [0.3, 0.4) is 0 Å². The summed E-state index contributed by atoms with van der Waals surface area (Å²) in [5.74, 6) is 0.210. The number of halogens is 1. The molecule has 2 aromatic rings. The summed E-state index contributed by atoms with van der Waals surface area (Å²) in [4.78, 5) is 26.2. The largest absolute Gasteiger partial charge is 0.479 e. The molecular weight excluding hydrogens is 302 g/mol. The Hall–Kier alpha value is -2.33. The number of ether oxygens (including phenoxy) is 1. The second-order valence-electron chi connectivity index (χ2n) is 5.09. The highest BCUT2D eigenvalue weighted by molar-refractivity contribution is 6.31. The van der Waals surface area contributed by atoms with Gasteiger partial charge in [-0.1, -0.05) is 35.9 Å². The molecule has 0 spiro atoms. The molecule has 0 N–H and O–H groups in total. The van der Waals surface area contributed by atoms with Crippen LogP contribution in [0.2, 0.25) is 5.02 Å². The summed E-state index contributed by atoms with van der Waals surface area (Å²) in [6, 6.07) is 13.9. The molecule has 0 aromatic heterocycles. The van der Waals surface area contributed by atoms with Gasteiger partial charge in [-0.15, -0.1) is 0 Å². The van der Waals surface area contributed by atoms with Gasteiger partial charge in [-0.2, -0.15) is 0 Å². The number of carbonyl (C=O) groups is 2. The van der Waals surface area contributed by atoms with Crippen LogP contribution in [0.4, 0.5) is 5.69 Å². The van der Waals surface area contributed by atoms with Crippen molar-refractivity contribution in [2.45, 2.75) is 13.0 Å². The lowest BCUT2D eigenvalue weighted by Gasteiger charge is -2.32. The molecule has 1 aliphatic rings. The maximum atomic E-state index is 12.4. The standard InChI is InChI=1S/C17H14ClNO3/c1-11-17(21)19(14-7-2-3-8-16(14)22-11)10-15(20)12-5-4-6-13(18)9-12/h2-9,11H,10H2,1H3/t11-/m1/s1. The first kappa shape index (κ1) is 14.6. The fourth-order valence-electron chi connectivity index (χ4n) is 2.42. The number of hydrogen-bond acceptors (Lipinski definition) is 3. The molecule has 1 atom stereocenters. The third kappa shape index (κ3) is 2.70. The van der Waals surface area contributed by atoms with E-state index in [9.17, 15) is 9.59 Å². The number of hydrogen-bond donors (Lipinski definition) is 0. The van der Waals surface area contributed by atoms with Crippen molar-refractivity contribution >= 4 is 29.0 Å². The van der Waals surface area contributed by atoms with Crippen LogP contribution >= 0.6 is 11.6 Å².